The quantitative estimate of drug-likeness (QED) is 0.761. The van der Waals surface area contributed by atoms with Gasteiger partial charge in [0.05, 0.1) is 0 Å². The van der Waals surface area contributed by atoms with Crippen LogP contribution in [0.4, 0.5) is 0 Å². The average molecular weight is 295 g/mol. The maximum Gasteiger partial charge on any atom is 0.0193 e. The Bertz CT molecular complexity index is 323. The van der Waals surface area contributed by atoms with Crippen molar-refractivity contribution in [2.24, 2.45) is 11.3 Å². The summed E-state index contributed by atoms with van der Waals surface area (Å²) >= 11 is 2.03. The van der Waals surface area contributed by atoms with E-state index in [2.05, 4.69) is 14.9 Å². The van der Waals surface area contributed by atoms with Gasteiger partial charge in [-0.3, -0.25) is 4.72 Å². The number of nitrogens with zero attached hydrogens (tertiary/aromatic N) is 1. The molecule has 2 heterocycles. The molecule has 4 fully saturated rings. The minimum Gasteiger partial charge on any atom is -0.316 e. The molecule has 0 aromatic rings. The van der Waals surface area contributed by atoms with Gasteiger partial charge in [0, 0.05) is 30.9 Å². The van der Waals surface area contributed by atoms with E-state index in [9.17, 15) is 0 Å². The Hall–Kier alpha value is 0.230. The fourth-order valence-corrected chi connectivity index (χ4v) is 5.30. The molecular weight excluding hydrogens is 266 g/mol. The lowest BCUT2D eigenvalue weighted by atomic mass is 9.67. The lowest BCUT2D eigenvalue weighted by molar-refractivity contribution is -0.0386. The van der Waals surface area contributed by atoms with E-state index in [1.807, 2.05) is 11.9 Å². The molecule has 1 unspecified atom stereocenters. The third kappa shape index (κ3) is 3.18. The first-order valence-corrected chi connectivity index (χ1v) is 9.54. The van der Waals surface area contributed by atoms with Crippen LogP contribution in [0.1, 0.15) is 44.9 Å². The van der Waals surface area contributed by atoms with Crippen LogP contribution >= 0.6 is 11.9 Å². The van der Waals surface area contributed by atoms with E-state index >= 15 is 0 Å². The molecular formula is C16H29N3S. The van der Waals surface area contributed by atoms with Gasteiger partial charge in [0.15, 0.2) is 0 Å². The van der Waals surface area contributed by atoms with Gasteiger partial charge >= 0.3 is 0 Å². The molecule has 2 saturated carbocycles. The molecule has 1 atom stereocenters. The third-order valence-electron chi connectivity index (χ3n) is 5.77. The number of nitrogens with one attached hydrogen (secondary N) is 2. The fraction of sp³-hybridized carbons (Fsp3) is 1.00. The summed E-state index contributed by atoms with van der Waals surface area (Å²) in [5.74, 6) is 0.931. The first kappa shape index (κ1) is 13.9. The SMILES string of the molecule is C1CC(CN2CC3(CCC(NSC4CC4)CC3)C2)CN1. The fourth-order valence-electron chi connectivity index (χ4n) is 4.31. The highest BCUT2D eigenvalue weighted by Crippen LogP contribution is 2.45. The summed E-state index contributed by atoms with van der Waals surface area (Å²) in [6.07, 6.45) is 10.0. The van der Waals surface area contributed by atoms with Gasteiger partial charge in [0.1, 0.15) is 0 Å². The molecule has 2 aliphatic carbocycles. The van der Waals surface area contributed by atoms with Crippen molar-refractivity contribution in [1.82, 2.24) is 14.9 Å². The molecule has 2 aliphatic heterocycles. The van der Waals surface area contributed by atoms with Crippen LogP contribution in [0, 0.1) is 11.3 Å². The second-order valence-electron chi connectivity index (χ2n) is 7.74. The van der Waals surface area contributed by atoms with Gasteiger partial charge in [0.2, 0.25) is 0 Å². The topological polar surface area (TPSA) is 27.3 Å². The zero-order chi connectivity index (χ0) is 13.4. The van der Waals surface area contributed by atoms with Crippen molar-refractivity contribution >= 4 is 11.9 Å². The van der Waals surface area contributed by atoms with Crippen molar-refractivity contribution in [3.05, 3.63) is 0 Å². The minimum absolute atomic E-state index is 0.717. The van der Waals surface area contributed by atoms with E-state index in [4.69, 9.17) is 0 Å². The molecule has 0 radical (unpaired) electrons. The van der Waals surface area contributed by atoms with Crippen LogP contribution in [0.2, 0.25) is 0 Å². The standard InChI is InChI=1S/C16H29N3S/c1-2-15(1)20-18-14-3-6-16(7-4-14)11-19(12-16)10-13-5-8-17-9-13/h13-15,17-18H,1-12H2. The summed E-state index contributed by atoms with van der Waals surface area (Å²) in [6.45, 7) is 6.65. The molecule has 0 amide bonds. The number of rotatable bonds is 5. The molecule has 2 N–H and O–H groups in total. The highest BCUT2D eigenvalue weighted by atomic mass is 32.2. The molecule has 4 heteroatoms. The van der Waals surface area contributed by atoms with Crippen LogP contribution in [-0.4, -0.2) is 48.9 Å². The first-order valence-electron chi connectivity index (χ1n) is 8.66. The molecule has 4 rings (SSSR count). The largest absolute Gasteiger partial charge is 0.316 e. The number of hydrogen-bond donors (Lipinski definition) is 2. The van der Waals surface area contributed by atoms with Gasteiger partial charge in [-0.25, -0.2) is 0 Å². The Morgan fingerprint density at radius 2 is 1.90 bits per heavy atom. The Morgan fingerprint density at radius 1 is 1.10 bits per heavy atom. The van der Waals surface area contributed by atoms with Gasteiger partial charge in [-0.05, 0) is 69.4 Å². The van der Waals surface area contributed by atoms with Gasteiger partial charge < -0.3 is 10.2 Å². The number of likely N-dealkylation sites (tertiary alicyclic amines) is 1. The summed E-state index contributed by atoms with van der Waals surface area (Å²) in [4.78, 5) is 2.73. The molecule has 114 valence electrons. The van der Waals surface area contributed by atoms with E-state index < -0.39 is 0 Å². The van der Waals surface area contributed by atoms with Gasteiger partial charge in [-0.2, -0.15) is 0 Å². The van der Waals surface area contributed by atoms with E-state index in [1.54, 1.807) is 0 Å². The molecule has 4 aliphatic rings. The second-order valence-corrected chi connectivity index (χ2v) is 8.88. The maximum atomic E-state index is 3.73. The van der Waals surface area contributed by atoms with Crippen molar-refractivity contribution in [2.45, 2.75) is 56.2 Å². The third-order valence-corrected chi connectivity index (χ3v) is 7.04. The van der Waals surface area contributed by atoms with Crippen molar-refractivity contribution in [1.29, 1.82) is 0 Å². The smallest absolute Gasteiger partial charge is 0.0193 e. The highest BCUT2D eigenvalue weighted by molar-refractivity contribution is 7.98. The van der Waals surface area contributed by atoms with Gasteiger partial charge in [0.25, 0.3) is 0 Å². The molecule has 0 bridgehead atoms. The average Bonchev–Trinajstić information content (AvgIpc) is 3.12. The maximum absolute atomic E-state index is 3.73. The van der Waals surface area contributed by atoms with Crippen molar-refractivity contribution in [2.75, 3.05) is 32.7 Å². The van der Waals surface area contributed by atoms with Crippen LogP contribution in [0.15, 0.2) is 0 Å². The van der Waals surface area contributed by atoms with Crippen molar-refractivity contribution in [3.8, 4) is 0 Å². The number of hydrogen-bond acceptors (Lipinski definition) is 4. The summed E-state index contributed by atoms with van der Waals surface area (Å²) in [5, 5.41) is 4.44. The Kier molecular flexibility index (Phi) is 4.01. The zero-order valence-corrected chi connectivity index (χ0v) is 13.4. The normalized spacial score (nSPS) is 34.5. The second kappa shape index (κ2) is 5.79. The van der Waals surface area contributed by atoms with Crippen LogP contribution in [0.25, 0.3) is 0 Å². The van der Waals surface area contributed by atoms with E-state index in [0.717, 1.165) is 17.2 Å². The molecule has 20 heavy (non-hydrogen) atoms. The molecule has 0 aromatic heterocycles. The van der Waals surface area contributed by atoms with Crippen molar-refractivity contribution in [3.63, 3.8) is 0 Å². The van der Waals surface area contributed by atoms with Crippen molar-refractivity contribution < 1.29 is 0 Å². The minimum atomic E-state index is 0.717. The lowest BCUT2D eigenvalue weighted by Gasteiger charge is -2.54. The first-order chi connectivity index (χ1) is 9.81. The molecule has 3 nitrogen and oxygen atoms in total. The van der Waals surface area contributed by atoms with Crippen LogP contribution in [0.5, 0.6) is 0 Å². The molecule has 2 saturated heterocycles. The summed E-state index contributed by atoms with van der Waals surface area (Å²) < 4.78 is 3.73. The molecule has 0 aromatic carbocycles. The highest BCUT2D eigenvalue weighted by Gasteiger charge is 2.45. The predicted molar refractivity (Wildman–Crippen MR) is 85.9 cm³/mol. The van der Waals surface area contributed by atoms with Crippen LogP contribution < -0.4 is 10.0 Å². The van der Waals surface area contributed by atoms with Gasteiger partial charge in [-0.15, -0.1) is 0 Å². The Morgan fingerprint density at radius 3 is 2.55 bits per heavy atom. The predicted octanol–water partition coefficient (Wildman–Crippen LogP) is 2.24. The van der Waals surface area contributed by atoms with Gasteiger partial charge in [-0.1, -0.05) is 11.9 Å². The zero-order valence-electron chi connectivity index (χ0n) is 12.6. The van der Waals surface area contributed by atoms with Crippen LogP contribution in [-0.2, 0) is 0 Å². The summed E-state index contributed by atoms with van der Waals surface area (Å²) in [6, 6.07) is 0.805. The monoisotopic (exact) mass is 295 g/mol. The summed E-state index contributed by atoms with van der Waals surface area (Å²) in [7, 11) is 0. The lowest BCUT2D eigenvalue weighted by Crippen LogP contribution is -2.59. The Balaban J connectivity index is 1.16. The Labute approximate surface area is 127 Å². The van der Waals surface area contributed by atoms with E-state index in [1.165, 1.54) is 77.7 Å². The molecule has 1 spiro atoms. The van der Waals surface area contributed by atoms with E-state index in [0.29, 0.717) is 5.41 Å². The van der Waals surface area contributed by atoms with E-state index in [-0.39, 0.29) is 0 Å². The van der Waals surface area contributed by atoms with Crippen LogP contribution in [0.3, 0.4) is 0 Å². The summed E-state index contributed by atoms with van der Waals surface area (Å²) in [5.41, 5.74) is 0.717.